The Morgan fingerprint density at radius 1 is 1.32 bits per heavy atom. The molecule has 102 valence electrons. The highest BCUT2D eigenvalue weighted by atomic mass is 32.2. The summed E-state index contributed by atoms with van der Waals surface area (Å²) in [4.78, 5) is 0. The molecule has 5 heteroatoms. The van der Waals surface area contributed by atoms with Crippen LogP contribution in [0.25, 0.3) is 0 Å². The molecule has 3 nitrogen and oxygen atoms in total. The maximum atomic E-state index is 12.2. The first-order chi connectivity index (χ1) is 9.24. The molecule has 0 fully saturated rings. The minimum absolute atomic E-state index is 0.0776. The maximum Gasteiger partial charge on any atom is 0.118 e. The minimum Gasteiger partial charge on any atom is -0.497 e. The van der Waals surface area contributed by atoms with Gasteiger partial charge in [-0.2, -0.15) is 0 Å². The SMILES string of the molecule is CNC(CS(=O)c1cccs1)c1ccc(OC)cc1. The number of ether oxygens (including phenoxy) is 1. The van der Waals surface area contributed by atoms with E-state index in [1.165, 1.54) is 11.3 Å². The van der Waals surface area contributed by atoms with Crippen LogP contribution >= 0.6 is 11.3 Å². The molecule has 19 heavy (non-hydrogen) atoms. The van der Waals surface area contributed by atoms with Crippen LogP contribution < -0.4 is 10.1 Å². The molecule has 0 saturated heterocycles. The van der Waals surface area contributed by atoms with Crippen LogP contribution in [0.15, 0.2) is 46.0 Å². The Hall–Kier alpha value is -1.17. The van der Waals surface area contributed by atoms with Gasteiger partial charge in [-0.25, -0.2) is 0 Å². The Balaban J connectivity index is 2.09. The number of methoxy groups -OCH3 is 1. The summed E-state index contributed by atoms with van der Waals surface area (Å²) in [6.45, 7) is 0. The number of benzene rings is 1. The molecule has 0 bridgehead atoms. The van der Waals surface area contributed by atoms with E-state index in [0.717, 1.165) is 15.5 Å². The summed E-state index contributed by atoms with van der Waals surface area (Å²) in [5.74, 6) is 1.40. The van der Waals surface area contributed by atoms with Gasteiger partial charge in [0, 0.05) is 11.8 Å². The van der Waals surface area contributed by atoms with Crippen LogP contribution in [-0.4, -0.2) is 24.1 Å². The van der Waals surface area contributed by atoms with Crippen LogP contribution in [0, 0.1) is 0 Å². The van der Waals surface area contributed by atoms with Gasteiger partial charge in [-0.05, 0) is 36.2 Å². The standard InChI is InChI=1S/C14H17NO2S2/c1-15-13(10-19(16)14-4-3-9-18-14)11-5-7-12(17-2)8-6-11/h3-9,13,15H,10H2,1-2H3. The predicted octanol–water partition coefficient (Wildman–Crippen LogP) is 2.83. The van der Waals surface area contributed by atoms with Gasteiger partial charge in [0.25, 0.3) is 0 Å². The third-order valence-corrected chi connectivity index (χ3v) is 5.63. The Bertz CT molecular complexity index is 523. The molecule has 1 aromatic heterocycles. The van der Waals surface area contributed by atoms with E-state index in [1.54, 1.807) is 7.11 Å². The molecule has 1 N–H and O–H groups in total. The molecule has 1 aromatic carbocycles. The predicted molar refractivity (Wildman–Crippen MR) is 80.4 cm³/mol. The number of hydrogen-bond donors (Lipinski definition) is 1. The highest BCUT2D eigenvalue weighted by Gasteiger charge is 2.15. The van der Waals surface area contributed by atoms with Gasteiger partial charge < -0.3 is 10.1 Å². The zero-order valence-corrected chi connectivity index (χ0v) is 12.6. The van der Waals surface area contributed by atoms with E-state index in [4.69, 9.17) is 4.74 Å². The first kappa shape index (κ1) is 14.2. The van der Waals surface area contributed by atoms with Crippen molar-refractivity contribution in [3.05, 3.63) is 47.3 Å². The summed E-state index contributed by atoms with van der Waals surface area (Å²) in [6, 6.07) is 11.8. The molecule has 0 spiro atoms. The molecule has 2 rings (SSSR count). The lowest BCUT2D eigenvalue weighted by atomic mass is 10.1. The van der Waals surface area contributed by atoms with Gasteiger partial charge in [-0.1, -0.05) is 18.2 Å². The lowest BCUT2D eigenvalue weighted by Gasteiger charge is -2.16. The molecule has 2 unspecified atom stereocenters. The van der Waals surface area contributed by atoms with Gasteiger partial charge in [0.1, 0.15) is 5.75 Å². The topological polar surface area (TPSA) is 38.3 Å². The molecule has 0 aliphatic carbocycles. The van der Waals surface area contributed by atoms with Crippen molar-refractivity contribution < 1.29 is 8.95 Å². The van der Waals surface area contributed by atoms with Crippen molar-refractivity contribution in [2.45, 2.75) is 10.3 Å². The van der Waals surface area contributed by atoms with Crippen LogP contribution in [0.2, 0.25) is 0 Å². The summed E-state index contributed by atoms with van der Waals surface area (Å²) in [5.41, 5.74) is 1.12. The van der Waals surface area contributed by atoms with Gasteiger partial charge >= 0.3 is 0 Å². The highest BCUT2D eigenvalue weighted by Crippen LogP contribution is 2.22. The van der Waals surface area contributed by atoms with Crippen molar-refractivity contribution in [2.24, 2.45) is 0 Å². The van der Waals surface area contributed by atoms with E-state index in [0.29, 0.717) is 5.75 Å². The molecule has 1 heterocycles. The molecular formula is C14H17NO2S2. The average Bonchev–Trinajstić information content (AvgIpc) is 2.99. The Morgan fingerprint density at radius 2 is 2.05 bits per heavy atom. The summed E-state index contributed by atoms with van der Waals surface area (Å²) in [7, 11) is 2.57. The van der Waals surface area contributed by atoms with Crippen molar-refractivity contribution >= 4 is 22.1 Å². The normalized spacial score (nSPS) is 14.0. The molecule has 0 amide bonds. The second-order valence-corrected chi connectivity index (χ2v) is 6.73. The van der Waals surface area contributed by atoms with Gasteiger partial charge in [0.2, 0.25) is 0 Å². The first-order valence-electron chi connectivity index (χ1n) is 5.97. The van der Waals surface area contributed by atoms with Crippen LogP contribution in [-0.2, 0) is 10.8 Å². The molecule has 0 radical (unpaired) electrons. The molecule has 2 aromatic rings. The third-order valence-electron chi connectivity index (χ3n) is 2.90. The van der Waals surface area contributed by atoms with Crippen molar-refractivity contribution in [3.63, 3.8) is 0 Å². The van der Waals surface area contributed by atoms with Crippen LogP contribution in [0.4, 0.5) is 0 Å². The molecule has 2 atom stereocenters. The monoisotopic (exact) mass is 295 g/mol. The largest absolute Gasteiger partial charge is 0.497 e. The summed E-state index contributed by atoms with van der Waals surface area (Å²) >= 11 is 1.54. The first-order valence-corrected chi connectivity index (χ1v) is 8.17. The third kappa shape index (κ3) is 3.65. The fourth-order valence-electron chi connectivity index (χ4n) is 1.81. The quantitative estimate of drug-likeness (QED) is 0.890. The zero-order chi connectivity index (χ0) is 13.7. The van der Waals surface area contributed by atoms with Gasteiger partial charge in [-0.3, -0.25) is 4.21 Å². The number of thiophene rings is 1. The van der Waals surface area contributed by atoms with E-state index < -0.39 is 10.8 Å². The zero-order valence-electron chi connectivity index (χ0n) is 11.0. The van der Waals surface area contributed by atoms with Crippen LogP contribution in [0.1, 0.15) is 11.6 Å². The summed E-state index contributed by atoms with van der Waals surface area (Å²) in [5, 5.41) is 5.17. The van der Waals surface area contributed by atoms with Crippen LogP contribution in [0.3, 0.4) is 0 Å². The van der Waals surface area contributed by atoms with Crippen molar-refractivity contribution in [2.75, 3.05) is 19.9 Å². The van der Waals surface area contributed by atoms with Gasteiger partial charge in [0.05, 0.1) is 22.1 Å². The molecular weight excluding hydrogens is 278 g/mol. The van der Waals surface area contributed by atoms with Crippen molar-refractivity contribution in [3.8, 4) is 5.75 Å². The molecule has 0 aliphatic heterocycles. The molecule has 0 aliphatic rings. The number of nitrogens with one attached hydrogen (secondary N) is 1. The Kier molecular flexibility index (Phi) is 5.13. The van der Waals surface area contributed by atoms with E-state index in [-0.39, 0.29) is 6.04 Å². The Morgan fingerprint density at radius 3 is 2.58 bits per heavy atom. The van der Waals surface area contributed by atoms with E-state index in [1.807, 2.05) is 48.8 Å². The number of hydrogen-bond acceptors (Lipinski definition) is 4. The van der Waals surface area contributed by atoms with Crippen molar-refractivity contribution in [1.29, 1.82) is 0 Å². The average molecular weight is 295 g/mol. The fraction of sp³-hybridized carbons (Fsp3) is 0.286. The lowest BCUT2D eigenvalue weighted by molar-refractivity contribution is 0.414. The summed E-state index contributed by atoms with van der Waals surface area (Å²) < 4.78 is 18.3. The minimum atomic E-state index is -0.965. The summed E-state index contributed by atoms with van der Waals surface area (Å²) in [6.07, 6.45) is 0. The molecule has 0 saturated carbocycles. The highest BCUT2D eigenvalue weighted by molar-refractivity contribution is 7.87. The smallest absolute Gasteiger partial charge is 0.118 e. The van der Waals surface area contributed by atoms with Gasteiger partial charge in [0.15, 0.2) is 0 Å². The lowest BCUT2D eigenvalue weighted by Crippen LogP contribution is -2.22. The van der Waals surface area contributed by atoms with E-state index in [2.05, 4.69) is 5.32 Å². The second-order valence-electron chi connectivity index (χ2n) is 4.06. The van der Waals surface area contributed by atoms with E-state index >= 15 is 0 Å². The second kappa shape index (κ2) is 6.84. The Labute approximate surface area is 120 Å². The van der Waals surface area contributed by atoms with Gasteiger partial charge in [-0.15, -0.1) is 11.3 Å². The van der Waals surface area contributed by atoms with Crippen LogP contribution in [0.5, 0.6) is 5.75 Å². The maximum absolute atomic E-state index is 12.2. The number of rotatable bonds is 6. The van der Waals surface area contributed by atoms with Crippen molar-refractivity contribution in [1.82, 2.24) is 5.32 Å². The fourth-order valence-corrected chi connectivity index (χ4v) is 4.11. The van der Waals surface area contributed by atoms with E-state index in [9.17, 15) is 4.21 Å².